The van der Waals surface area contributed by atoms with Crippen LogP contribution in [0.5, 0.6) is 0 Å². The molecule has 0 aliphatic carbocycles. The molecule has 0 bridgehead atoms. The number of amides is 2. The number of nitrogens with one attached hydrogen (secondary N) is 1. The third-order valence-corrected chi connectivity index (χ3v) is 6.57. The van der Waals surface area contributed by atoms with Crippen molar-refractivity contribution < 1.29 is 24.2 Å². The third-order valence-electron chi connectivity index (χ3n) is 6.57. The SMILES string of the molecule is CCOC(=O)c1c(-c2ccc(C(=O)Nc3cc(C(C)C)ccn3)cc2)nc(C2CCCCN2C(=O)O)n1N. The minimum Gasteiger partial charge on any atom is -0.465 e. The first-order valence-corrected chi connectivity index (χ1v) is 12.6. The Hall–Kier alpha value is -4.41. The van der Waals surface area contributed by atoms with Gasteiger partial charge in [0.1, 0.15) is 11.5 Å². The van der Waals surface area contributed by atoms with Crippen LogP contribution in [0.1, 0.15) is 84.2 Å². The molecule has 11 nitrogen and oxygen atoms in total. The molecular weight excluding hydrogens is 488 g/mol. The van der Waals surface area contributed by atoms with E-state index >= 15 is 0 Å². The first kappa shape index (κ1) is 26.6. The van der Waals surface area contributed by atoms with Crippen molar-refractivity contribution in [2.24, 2.45) is 0 Å². The third kappa shape index (κ3) is 5.46. The maximum Gasteiger partial charge on any atom is 0.407 e. The second kappa shape index (κ2) is 11.3. The van der Waals surface area contributed by atoms with Crippen LogP contribution in [-0.2, 0) is 4.74 Å². The number of nitrogens with two attached hydrogens (primary N) is 1. The van der Waals surface area contributed by atoms with Crippen LogP contribution in [0, 0.1) is 0 Å². The fourth-order valence-electron chi connectivity index (χ4n) is 4.55. The molecule has 2 aromatic heterocycles. The number of carbonyl (C=O) groups excluding carboxylic acids is 2. The van der Waals surface area contributed by atoms with Crippen molar-refractivity contribution in [2.75, 3.05) is 24.3 Å². The molecule has 4 N–H and O–H groups in total. The monoisotopic (exact) mass is 520 g/mol. The summed E-state index contributed by atoms with van der Waals surface area (Å²) in [7, 11) is 0. The van der Waals surface area contributed by atoms with Gasteiger partial charge in [0.2, 0.25) is 0 Å². The first-order valence-electron chi connectivity index (χ1n) is 12.6. The topological polar surface area (TPSA) is 153 Å². The predicted octanol–water partition coefficient (Wildman–Crippen LogP) is 4.42. The summed E-state index contributed by atoms with van der Waals surface area (Å²) in [4.78, 5) is 47.7. The minimum atomic E-state index is -1.07. The summed E-state index contributed by atoms with van der Waals surface area (Å²) in [6, 6.07) is 9.71. The largest absolute Gasteiger partial charge is 0.465 e. The second-order valence-electron chi connectivity index (χ2n) is 9.41. The molecule has 200 valence electrons. The zero-order valence-electron chi connectivity index (χ0n) is 21.7. The van der Waals surface area contributed by atoms with E-state index in [0.717, 1.165) is 23.1 Å². The summed E-state index contributed by atoms with van der Waals surface area (Å²) in [5.74, 6) is 6.34. The average Bonchev–Trinajstić information content (AvgIpc) is 3.25. The molecule has 1 aliphatic heterocycles. The molecule has 0 saturated carbocycles. The maximum atomic E-state index is 12.9. The van der Waals surface area contributed by atoms with Crippen LogP contribution in [0.2, 0.25) is 0 Å². The fourth-order valence-corrected chi connectivity index (χ4v) is 4.55. The molecule has 0 radical (unpaired) electrons. The van der Waals surface area contributed by atoms with E-state index in [-0.39, 0.29) is 29.7 Å². The molecule has 0 spiro atoms. The fraction of sp³-hybridized carbons (Fsp3) is 0.370. The van der Waals surface area contributed by atoms with E-state index < -0.39 is 18.1 Å². The lowest BCUT2D eigenvalue weighted by Crippen LogP contribution is -2.39. The zero-order chi connectivity index (χ0) is 27.4. The summed E-state index contributed by atoms with van der Waals surface area (Å²) < 4.78 is 6.35. The smallest absolute Gasteiger partial charge is 0.407 e. The molecule has 3 heterocycles. The minimum absolute atomic E-state index is 0.0182. The number of anilines is 1. The number of nitrogen functional groups attached to an aromatic ring is 1. The Balaban J connectivity index is 1.65. The molecule has 2 amide bonds. The summed E-state index contributed by atoms with van der Waals surface area (Å²) in [5, 5.41) is 12.5. The van der Waals surface area contributed by atoms with E-state index in [1.807, 2.05) is 12.1 Å². The molecule has 1 saturated heterocycles. The predicted molar refractivity (Wildman–Crippen MR) is 141 cm³/mol. The number of likely N-dealkylation sites (tertiary alicyclic amines) is 1. The summed E-state index contributed by atoms with van der Waals surface area (Å²) in [6.45, 7) is 6.30. The average molecular weight is 521 g/mol. The molecule has 1 aromatic carbocycles. The van der Waals surface area contributed by atoms with Crippen LogP contribution in [0.3, 0.4) is 0 Å². The number of piperidine rings is 1. The number of aromatic nitrogens is 3. The van der Waals surface area contributed by atoms with Gasteiger partial charge in [-0.25, -0.2) is 24.2 Å². The van der Waals surface area contributed by atoms with Gasteiger partial charge >= 0.3 is 12.1 Å². The molecule has 4 rings (SSSR count). The van der Waals surface area contributed by atoms with Gasteiger partial charge in [-0.05, 0) is 61.9 Å². The number of benzene rings is 1. The lowest BCUT2D eigenvalue weighted by Gasteiger charge is -2.32. The summed E-state index contributed by atoms with van der Waals surface area (Å²) >= 11 is 0. The Labute approximate surface area is 220 Å². The number of hydrogen-bond acceptors (Lipinski definition) is 7. The van der Waals surface area contributed by atoms with E-state index in [1.54, 1.807) is 37.4 Å². The molecular formula is C27H32N6O5. The van der Waals surface area contributed by atoms with Gasteiger partial charge < -0.3 is 21.0 Å². The van der Waals surface area contributed by atoms with Crippen LogP contribution >= 0.6 is 0 Å². The molecule has 1 unspecified atom stereocenters. The molecule has 1 aliphatic rings. The normalized spacial score (nSPS) is 15.4. The molecule has 11 heteroatoms. The Morgan fingerprint density at radius 3 is 2.58 bits per heavy atom. The van der Waals surface area contributed by atoms with Crippen LogP contribution in [-0.4, -0.2) is 55.8 Å². The zero-order valence-corrected chi connectivity index (χ0v) is 21.7. The number of carbonyl (C=O) groups is 3. The van der Waals surface area contributed by atoms with Gasteiger partial charge in [-0.2, -0.15) is 0 Å². The Kier molecular flexibility index (Phi) is 7.94. The standard InChI is InChI=1S/C27H32N6O5/c1-4-38-26(35)23-22(31-24(33(23)28)20-7-5-6-14-32(20)27(36)37)17-8-10-18(11-9-17)25(34)30-21-15-19(16(2)3)12-13-29-21/h8-13,15-16,20H,4-7,14,28H2,1-3H3,(H,36,37)(H,29,30,34). The number of ether oxygens (including phenoxy) is 1. The second-order valence-corrected chi connectivity index (χ2v) is 9.41. The van der Waals surface area contributed by atoms with Crippen molar-refractivity contribution in [3.63, 3.8) is 0 Å². The number of hydrogen-bond donors (Lipinski definition) is 3. The molecule has 38 heavy (non-hydrogen) atoms. The lowest BCUT2D eigenvalue weighted by molar-refractivity contribution is 0.0516. The van der Waals surface area contributed by atoms with Crippen molar-refractivity contribution >= 4 is 23.8 Å². The van der Waals surface area contributed by atoms with Gasteiger partial charge in [-0.1, -0.05) is 26.0 Å². The highest BCUT2D eigenvalue weighted by Gasteiger charge is 2.34. The first-order chi connectivity index (χ1) is 18.2. The van der Waals surface area contributed by atoms with Crippen LogP contribution in [0.25, 0.3) is 11.3 Å². The number of pyridine rings is 1. The van der Waals surface area contributed by atoms with Gasteiger partial charge in [-0.3, -0.25) is 9.69 Å². The Morgan fingerprint density at radius 2 is 1.92 bits per heavy atom. The van der Waals surface area contributed by atoms with E-state index in [0.29, 0.717) is 35.8 Å². The van der Waals surface area contributed by atoms with Crippen molar-refractivity contribution in [1.29, 1.82) is 0 Å². The number of nitrogens with zero attached hydrogens (tertiary/aromatic N) is 4. The molecule has 3 aromatic rings. The van der Waals surface area contributed by atoms with Crippen molar-refractivity contribution in [3.8, 4) is 11.3 Å². The van der Waals surface area contributed by atoms with Crippen LogP contribution in [0.15, 0.2) is 42.6 Å². The summed E-state index contributed by atoms with van der Waals surface area (Å²) in [6.07, 6.45) is 2.67. The molecule has 1 atom stereocenters. The Morgan fingerprint density at radius 1 is 1.18 bits per heavy atom. The van der Waals surface area contributed by atoms with Crippen LogP contribution in [0.4, 0.5) is 10.6 Å². The highest BCUT2D eigenvalue weighted by atomic mass is 16.5. The van der Waals surface area contributed by atoms with Gasteiger partial charge in [-0.15, -0.1) is 0 Å². The van der Waals surface area contributed by atoms with Crippen molar-refractivity contribution in [2.45, 2.75) is 52.0 Å². The van der Waals surface area contributed by atoms with Gasteiger partial charge in [0.25, 0.3) is 5.91 Å². The van der Waals surface area contributed by atoms with Crippen LogP contribution < -0.4 is 11.2 Å². The number of esters is 1. The highest BCUT2D eigenvalue weighted by molar-refractivity contribution is 6.04. The maximum absolute atomic E-state index is 12.9. The quantitative estimate of drug-likeness (QED) is 0.306. The molecule has 1 fully saturated rings. The number of carboxylic acid groups (broad SMARTS) is 1. The van der Waals surface area contributed by atoms with Crippen molar-refractivity contribution in [3.05, 3.63) is 65.2 Å². The summed E-state index contributed by atoms with van der Waals surface area (Å²) in [5.41, 5.74) is 2.26. The van der Waals surface area contributed by atoms with E-state index in [4.69, 9.17) is 10.6 Å². The number of rotatable bonds is 7. The number of imidazole rings is 1. The van der Waals surface area contributed by atoms with Gasteiger partial charge in [0.05, 0.1) is 12.6 Å². The van der Waals surface area contributed by atoms with Gasteiger partial charge in [0, 0.05) is 23.9 Å². The van der Waals surface area contributed by atoms with E-state index in [2.05, 4.69) is 29.1 Å². The van der Waals surface area contributed by atoms with E-state index in [9.17, 15) is 19.5 Å². The van der Waals surface area contributed by atoms with E-state index in [1.165, 1.54) is 4.90 Å². The lowest BCUT2D eigenvalue weighted by atomic mass is 10.0. The van der Waals surface area contributed by atoms with Gasteiger partial charge in [0.15, 0.2) is 11.5 Å². The Bertz CT molecular complexity index is 1330. The van der Waals surface area contributed by atoms with Crippen molar-refractivity contribution in [1.82, 2.24) is 19.5 Å². The highest BCUT2D eigenvalue weighted by Crippen LogP contribution is 2.34.